The van der Waals surface area contributed by atoms with Crippen molar-refractivity contribution in [2.75, 3.05) is 0 Å². The molecule has 0 spiro atoms. The molecule has 1 aliphatic rings. The highest BCUT2D eigenvalue weighted by Crippen LogP contribution is 2.27. The molecule has 10 nitrogen and oxygen atoms in total. The van der Waals surface area contributed by atoms with Gasteiger partial charge < -0.3 is 37.7 Å². The lowest BCUT2D eigenvalue weighted by Gasteiger charge is -2.24. The van der Waals surface area contributed by atoms with Crippen molar-refractivity contribution in [2.24, 2.45) is 5.73 Å². The lowest BCUT2D eigenvalue weighted by molar-refractivity contribution is 0.0395. The van der Waals surface area contributed by atoms with Crippen LogP contribution in [0, 0.1) is 0 Å². The number of hydrogen-bond acceptors (Lipinski definition) is 9. The Hall–Kier alpha value is -3.99. The minimum atomic E-state index is -1.10. The van der Waals surface area contributed by atoms with Gasteiger partial charge in [0.15, 0.2) is 17.3 Å². The summed E-state index contributed by atoms with van der Waals surface area (Å²) in [4.78, 5) is 20.5. The van der Waals surface area contributed by atoms with Crippen molar-refractivity contribution in [2.45, 2.75) is 95.6 Å². The lowest BCUT2D eigenvalue weighted by atomic mass is 9.93. The maximum Gasteiger partial charge on any atom is 0.407 e. The van der Waals surface area contributed by atoms with E-state index in [1.807, 2.05) is 36.4 Å². The second kappa shape index (κ2) is 15.1. The highest BCUT2D eigenvalue weighted by Gasteiger charge is 2.28. The van der Waals surface area contributed by atoms with Gasteiger partial charge in [-0.3, -0.25) is 0 Å². The van der Waals surface area contributed by atoms with E-state index in [4.69, 9.17) is 19.3 Å². The van der Waals surface area contributed by atoms with Gasteiger partial charge in [0.1, 0.15) is 22.7 Å². The molecule has 1 aliphatic carbocycles. The van der Waals surface area contributed by atoms with E-state index in [0.717, 1.165) is 5.52 Å². The van der Waals surface area contributed by atoms with Crippen LogP contribution < -0.4 is 11.1 Å². The number of hydrogen-bond donors (Lipinski definition) is 4. The number of nitrogens with zero attached hydrogens (tertiary/aromatic N) is 2. The molecule has 2 aromatic carbocycles. The zero-order valence-corrected chi connectivity index (χ0v) is 25.7. The standard InChI is InChI=1S/C17H22N2O4.C17H22N2O2.2H/c1-5-8-12(19-16(21)23-17(2,3)4)14(20)15-18-11-9-6-7-10-13(11)22-15;18-13(11-10-12-6-2-1-3-7-12)16(20)17-19-14-8-4-5-9-15(14)21-17;;/h5-7,9-10,12,14,20H,1,8H2,2-4H3,(H,19,21);4-5,8-10,13,16,20H,1-3,6-7,11,18H2;;/q;;2*-1/t12-,14?;13-,16?;;/m00../s1/i;;2*1+1. The smallest absolute Gasteiger partial charge is 0.407 e. The zero-order valence-electron chi connectivity index (χ0n) is 27.7. The van der Waals surface area contributed by atoms with Gasteiger partial charge in [-0.1, -0.05) is 48.4 Å². The van der Waals surface area contributed by atoms with E-state index in [2.05, 4.69) is 27.9 Å². The maximum absolute atomic E-state index is 11.9. The summed E-state index contributed by atoms with van der Waals surface area (Å²) in [6, 6.07) is 13.7. The summed E-state index contributed by atoms with van der Waals surface area (Å²) in [6.45, 7) is 8.96. The molecule has 2 heterocycles. The molecule has 1 fully saturated rings. The first-order valence-corrected chi connectivity index (χ1v) is 15.1. The molecular weight excluding hydrogens is 560 g/mol. The first-order chi connectivity index (χ1) is 21.0. The summed E-state index contributed by atoms with van der Waals surface area (Å²) < 4.78 is 16.3. The number of carbonyl (C=O) groups excluding carboxylic acids is 1. The van der Waals surface area contributed by atoms with Gasteiger partial charge in [-0.2, -0.15) is 0 Å². The third kappa shape index (κ3) is 9.25. The Balaban J connectivity index is 0.000000308. The predicted octanol–water partition coefficient (Wildman–Crippen LogP) is 7.02. The van der Waals surface area contributed by atoms with E-state index >= 15 is 0 Å². The van der Waals surface area contributed by atoms with E-state index in [0.29, 0.717) is 35.4 Å². The molecule has 0 saturated heterocycles. The molecule has 0 bridgehead atoms. The van der Waals surface area contributed by atoms with Gasteiger partial charge in [0.25, 0.3) is 0 Å². The number of rotatable bonds is 9. The van der Waals surface area contributed by atoms with Gasteiger partial charge in [-0.15, -0.1) is 6.58 Å². The molecule has 1 amide bonds. The number of aliphatic hydroxyl groups excluding tert-OH is 2. The van der Waals surface area contributed by atoms with E-state index < -0.39 is 29.9 Å². The van der Waals surface area contributed by atoms with Crippen LogP contribution in [-0.4, -0.2) is 44.0 Å². The summed E-state index contributed by atoms with van der Waals surface area (Å²) in [5.41, 5.74) is 9.62. The average molecular weight is 609 g/mol. The first-order valence-electron chi connectivity index (χ1n) is 15.1. The van der Waals surface area contributed by atoms with Crippen LogP contribution in [0.3, 0.4) is 0 Å². The molecular formula is C34H46N4O6-2. The van der Waals surface area contributed by atoms with Crippen molar-refractivity contribution < 1.29 is 31.4 Å². The molecule has 5 rings (SSSR count). The normalized spacial score (nSPS) is 16.4. The van der Waals surface area contributed by atoms with Crippen molar-refractivity contribution >= 4 is 28.3 Å². The summed E-state index contributed by atoms with van der Waals surface area (Å²) in [6.07, 6.45) is 8.44. The predicted molar refractivity (Wildman–Crippen MR) is 172 cm³/mol. The summed E-state index contributed by atoms with van der Waals surface area (Å²) in [5, 5.41) is 23.4. The van der Waals surface area contributed by atoms with Crippen LogP contribution in [0.1, 0.15) is 92.6 Å². The quantitative estimate of drug-likeness (QED) is 0.147. The molecule has 0 radical (unpaired) electrons. The summed E-state index contributed by atoms with van der Waals surface area (Å²) in [5.74, 6) is 0.458. The number of oxazole rings is 2. The molecule has 0 aliphatic heterocycles. The van der Waals surface area contributed by atoms with Crippen molar-refractivity contribution in [3.63, 3.8) is 0 Å². The van der Waals surface area contributed by atoms with E-state index in [9.17, 15) is 15.0 Å². The van der Waals surface area contributed by atoms with Crippen molar-refractivity contribution in [3.05, 3.63) is 84.6 Å². The van der Waals surface area contributed by atoms with Crippen LogP contribution in [0.5, 0.6) is 0 Å². The fraction of sp³-hybridized carbons (Fsp3) is 0.441. The molecule has 5 N–H and O–H groups in total. The number of fused-ring (bicyclic) bond motifs is 2. The molecule has 240 valence electrons. The van der Waals surface area contributed by atoms with Crippen molar-refractivity contribution in [1.29, 1.82) is 0 Å². The minimum absolute atomic E-state index is 0. The Morgan fingerprint density at radius 3 is 2.05 bits per heavy atom. The highest BCUT2D eigenvalue weighted by atomic mass is 16.6. The fourth-order valence-corrected chi connectivity index (χ4v) is 4.94. The second-order valence-electron chi connectivity index (χ2n) is 12.0. The van der Waals surface area contributed by atoms with Gasteiger partial charge in [-0.25, -0.2) is 14.8 Å². The van der Waals surface area contributed by atoms with Crippen molar-refractivity contribution in [1.82, 2.24) is 15.3 Å². The monoisotopic (exact) mass is 608 g/mol. The van der Waals surface area contributed by atoms with Crippen LogP contribution in [0.4, 0.5) is 4.79 Å². The topological polar surface area (TPSA) is 157 Å². The number of para-hydroxylation sites is 4. The van der Waals surface area contributed by atoms with Crippen LogP contribution in [0.15, 0.2) is 81.7 Å². The van der Waals surface area contributed by atoms with Crippen LogP contribution in [0.2, 0.25) is 0 Å². The number of aliphatic hydroxyl groups is 2. The van der Waals surface area contributed by atoms with E-state index in [-0.39, 0.29) is 14.8 Å². The summed E-state index contributed by atoms with van der Waals surface area (Å²) in [7, 11) is 0. The third-order valence-corrected chi connectivity index (χ3v) is 7.21. The molecule has 10 heteroatoms. The molecule has 2 unspecified atom stereocenters. The number of alkyl carbamates (subject to hydrolysis) is 1. The van der Waals surface area contributed by atoms with Crippen LogP contribution in [-0.2, 0) is 4.74 Å². The summed E-state index contributed by atoms with van der Waals surface area (Å²) >= 11 is 0. The number of benzene rings is 2. The van der Waals surface area contributed by atoms with Crippen LogP contribution >= 0.6 is 0 Å². The van der Waals surface area contributed by atoms with Gasteiger partial charge in [-0.05, 0) is 83.6 Å². The molecule has 4 atom stereocenters. The second-order valence-corrected chi connectivity index (χ2v) is 12.0. The molecule has 4 aromatic rings. The number of nitrogens with one attached hydrogen (secondary N) is 1. The van der Waals surface area contributed by atoms with E-state index in [1.165, 1.54) is 37.7 Å². The van der Waals surface area contributed by atoms with Gasteiger partial charge >= 0.3 is 6.09 Å². The maximum atomic E-state index is 11.9. The van der Waals surface area contributed by atoms with E-state index in [1.54, 1.807) is 39.0 Å². The SMILES string of the molecule is C=CC[C@H](NC(=O)OC(C)(C)C)C(O)c1nc2ccccc2o1.N[C@@H](CC=C1CCCCC1)C(O)c1nc2ccccc2o1.[2H-].[2H-]. The van der Waals surface area contributed by atoms with Gasteiger partial charge in [0.05, 0.1) is 6.04 Å². The number of aromatic nitrogens is 2. The first kappa shape index (κ1) is 32.9. The average Bonchev–Trinajstić information content (AvgIpc) is 3.63. The number of amides is 1. The van der Waals surface area contributed by atoms with Crippen LogP contribution in [0.25, 0.3) is 22.2 Å². The Kier molecular flexibility index (Phi) is 11.3. The number of carbonyl (C=O) groups is 1. The van der Waals surface area contributed by atoms with Gasteiger partial charge in [0.2, 0.25) is 11.8 Å². The molecule has 2 aromatic heterocycles. The fourth-order valence-electron chi connectivity index (χ4n) is 4.94. The number of ether oxygens (including phenoxy) is 1. The Morgan fingerprint density at radius 1 is 0.977 bits per heavy atom. The molecule has 1 saturated carbocycles. The lowest BCUT2D eigenvalue weighted by Crippen LogP contribution is -2.42. The third-order valence-electron chi connectivity index (χ3n) is 7.21. The largest absolute Gasteiger partial charge is 1.00 e. The molecule has 44 heavy (non-hydrogen) atoms. The number of nitrogens with two attached hydrogens (primary N) is 1. The van der Waals surface area contributed by atoms with Gasteiger partial charge in [0, 0.05) is 6.04 Å². The Morgan fingerprint density at radius 2 is 1.52 bits per heavy atom. The Bertz CT molecular complexity index is 1490. The number of allylic oxidation sites excluding steroid dienone is 1. The van der Waals surface area contributed by atoms with Crippen molar-refractivity contribution in [3.8, 4) is 0 Å². The zero-order chi connectivity index (χ0) is 31.7. The highest BCUT2D eigenvalue weighted by molar-refractivity contribution is 5.73. The Labute approximate surface area is 261 Å². The minimum Gasteiger partial charge on any atom is -1.00 e.